The minimum absolute atomic E-state index is 0.144. The van der Waals surface area contributed by atoms with E-state index in [0.717, 1.165) is 56.5 Å². The van der Waals surface area contributed by atoms with Crippen LogP contribution in [0.2, 0.25) is 0 Å². The van der Waals surface area contributed by atoms with Crippen molar-refractivity contribution in [3.8, 4) is 44.7 Å². The highest BCUT2D eigenvalue weighted by Crippen LogP contribution is 2.48. The molecule has 280 valence electrons. The third kappa shape index (κ3) is 5.45. The lowest BCUT2D eigenvalue weighted by Crippen LogP contribution is -2.59. The summed E-state index contributed by atoms with van der Waals surface area (Å²) in [7, 11) is 0. The Morgan fingerprint density at radius 2 is 0.967 bits per heavy atom. The quantitative estimate of drug-likeness (QED) is 0.151. The Balaban J connectivity index is 1.20. The molecule has 10 aromatic rings. The number of para-hydroxylation sites is 2. The summed E-state index contributed by atoms with van der Waals surface area (Å²) in [6.07, 6.45) is 0. The molecule has 0 radical (unpaired) electrons. The first-order chi connectivity index (χ1) is 29.8. The SMILES string of the molecule is c1ccc(-c2cccc(N3c4cc(-c5ccccc5)ccc4B4c5c(cc(N(c6ccccc6)c6ccccc6)cc53)-c3cccc5c(-c6ccccc6)oc4c35)c2)cc1. The number of benzene rings is 9. The Bertz CT molecular complexity index is 3160. The molecule has 4 heteroatoms. The molecule has 2 aliphatic heterocycles. The van der Waals surface area contributed by atoms with Gasteiger partial charge in [-0.1, -0.05) is 170 Å². The van der Waals surface area contributed by atoms with Crippen LogP contribution in [-0.4, -0.2) is 6.71 Å². The monoisotopic (exact) mass is 764 g/mol. The number of nitrogens with zero attached hydrogens (tertiary/aromatic N) is 2. The molecule has 0 fully saturated rings. The molecule has 3 nitrogen and oxygen atoms in total. The maximum atomic E-state index is 7.26. The van der Waals surface area contributed by atoms with Gasteiger partial charge in [-0.25, -0.2) is 0 Å². The van der Waals surface area contributed by atoms with Crippen molar-refractivity contribution in [3.05, 3.63) is 224 Å². The van der Waals surface area contributed by atoms with Crippen molar-refractivity contribution < 1.29 is 4.42 Å². The van der Waals surface area contributed by atoms with Crippen LogP contribution in [0.3, 0.4) is 0 Å². The molecule has 60 heavy (non-hydrogen) atoms. The van der Waals surface area contributed by atoms with Gasteiger partial charge in [0.05, 0.1) is 5.66 Å². The molecule has 0 bridgehead atoms. The van der Waals surface area contributed by atoms with E-state index in [9.17, 15) is 0 Å². The molecule has 0 N–H and O–H groups in total. The summed E-state index contributed by atoms with van der Waals surface area (Å²) in [5, 5.41) is 2.32. The first kappa shape index (κ1) is 34.2. The lowest BCUT2D eigenvalue weighted by Gasteiger charge is -2.40. The van der Waals surface area contributed by atoms with Gasteiger partial charge in [-0.3, -0.25) is 0 Å². The van der Waals surface area contributed by atoms with Gasteiger partial charge in [0.1, 0.15) is 5.76 Å². The van der Waals surface area contributed by atoms with Crippen LogP contribution in [0.4, 0.5) is 34.1 Å². The zero-order valence-corrected chi connectivity index (χ0v) is 32.7. The first-order valence-corrected chi connectivity index (χ1v) is 20.6. The van der Waals surface area contributed by atoms with Crippen LogP contribution in [0.5, 0.6) is 0 Å². The average molecular weight is 765 g/mol. The van der Waals surface area contributed by atoms with E-state index in [1.165, 1.54) is 49.7 Å². The van der Waals surface area contributed by atoms with Crippen molar-refractivity contribution in [2.45, 2.75) is 0 Å². The summed E-state index contributed by atoms with van der Waals surface area (Å²) >= 11 is 0. The summed E-state index contributed by atoms with van der Waals surface area (Å²) < 4.78 is 7.26. The molecule has 1 aromatic heterocycles. The van der Waals surface area contributed by atoms with E-state index in [2.05, 4.69) is 234 Å². The van der Waals surface area contributed by atoms with Gasteiger partial charge >= 0.3 is 0 Å². The smallest absolute Gasteiger partial charge is 0.293 e. The van der Waals surface area contributed by atoms with Gasteiger partial charge in [-0.15, -0.1) is 0 Å². The number of rotatable bonds is 7. The Labute approximate surface area is 350 Å². The Kier molecular flexibility index (Phi) is 7.95. The third-order valence-corrected chi connectivity index (χ3v) is 12.2. The van der Waals surface area contributed by atoms with E-state index in [1.807, 2.05) is 0 Å². The van der Waals surface area contributed by atoms with Gasteiger partial charge in [-0.05, 0) is 98.9 Å². The summed E-state index contributed by atoms with van der Waals surface area (Å²) in [6, 6.07) is 81.0. The number of fused-ring (bicyclic) bond motifs is 4. The highest BCUT2D eigenvalue weighted by molar-refractivity contribution is 7.00. The fraction of sp³-hybridized carbons (Fsp3) is 0. The summed E-state index contributed by atoms with van der Waals surface area (Å²) in [6.45, 7) is -0.144. The molecular weight excluding hydrogens is 727 g/mol. The van der Waals surface area contributed by atoms with Crippen molar-refractivity contribution in [1.29, 1.82) is 0 Å². The molecule has 9 aromatic carbocycles. The molecule has 0 atom stereocenters. The number of furan rings is 1. The Hall–Kier alpha value is -7.82. The van der Waals surface area contributed by atoms with Crippen LogP contribution in [0, 0.1) is 0 Å². The number of anilines is 6. The lowest BCUT2D eigenvalue weighted by molar-refractivity contribution is 0.620. The van der Waals surface area contributed by atoms with Crippen LogP contribution in [0.1, 0.15) is 0 Å². The van der Waals surface area contributed by atoms with Crippen molar-refractivity contribution in [2.24, 2.45) is 0 Å². The largest absolute Gasteiger partial charge is 0.469 e. The standard InChI is InChI=1S/C56H37BN2O/c1-6-18-38(19-7-1)41-24-16-29-45(34-41)59-51-35-42(39-20-8-2-9-21-39)32-33-50(51)57-54-49(47-30-17-31-48-53(47)56(57)60-55(48)40-22-10-3-11-23-40)36-46(37-52(54)59)58(43-25-12-4-13-26-43)44-27-14-5-15-28-44/h1-37H. The van der Waals surface area contributed by atoms with Crippen molar-refractivity contribution in [1.82, 2.24) is 0 Å². The predicted molar refractivity (Wildman–Crippen MR) is 252 cm³/mol. The highest BCUT2D eigenvalue weighted by Gasteiger charge is 2.44. The maximum Gasteiger partial charge on any atom is 0.293 e. The molecule has 0 spiro atoms. The van der Waals surface area contributed by atoms with Crippen molar-refractivity contribution in [3.63, 3.8) is 0 Å². The Morgan fingerprint density at radius 1 is 0.400 bits per heavy atom. The maximum absolute atomic E-state index is 7.26. The van der Waals surface area contributed by atoms with Gasteiger partial charge in [-0.2, -0.15) is 0 Å². The molecule has 0 saturated carbocycles. The van der Waals surface area contributed by atoms with Gasteiger partial charge in [0.2, 0.25) is 0 Å². The summed E-state index contributed by atoms with van der Waals surface area (Å²) in [5.41, 5.74) is 18.3. The zero-order valence-electron chi connectivity index (χ0n) is 32.7. The van der Waals surface area contributed by atoms with E-state index in [0.29, 0.717) is 0 Å². The van der Waals surface area contributed by atoms with E-state index in [4.69, 9.17) is 4.42 Å². The van der Waals surface area contributed by atoms with Gasteiger partial charge in [0.15, 0.2) is 0 Å². The van der Waals surface area contributed by atoms with E-state index in [1.54, 1.807) is 0 Å². The molecule has 0 aliphatic carbocycles. The normalized spacial score (nSPS) is 12.3. The minimum atomic E-state index is -0.144. The fourth-order valence-electron chi connectivity index (χ4n) is 9.60. The van der Waals surface area contributed by atoms with Crippen molar-refractivity contribution >= 4 is 68.2 Å². The molecule has 12 rings (SSSR count). The minimum Gasteiger partial charge on any atom is -0.469 e. The Morgan fingerprint density at radius 3 is 1.62 bits per heavy atom. The number of hydrogen-bond donors (Lipinski definition) is 0. The fourth-order valence-corrected chi connectivity index (χ4v) is 9.60. The topological polar surface area (TPSA) is 19.6 Å². The van der Waals surface area contributed by atoms with E-state index < -0.39 is 0 Å². The molecular formula is C56H37BN2O. The first-order valence-electron chi connectivity index (χ1n) is 20.6. The number of hydrogen-bond acceptors (Lipinski definition) is 3. The molecule has 2 aliphatic rings. The van der Waals surface area contributed by atoms with Crippen LogP contribution in [0.25, 0.3) is 55.5 Å². The molecule has 0 amide bonds. The highest BCUT2D eigenvalue weighted by atomic mass is 16.3. The molecule has 3 heterocycles. The van der Waals surface area contributed by atoms with Crippen molar-refractivity contribution in [2.75, 3.05) is 9.80 Å². The van der Waals surface area contributed by atoms with Gasteiger partial charge in [0.25, 0.3) is 6.71 Å². The van der Waals surface area contributed by atoms with E-state index >= 15 is 0 Å². The van der Waals surface area contributed by atoms with Crippen LogP contribution in [0.15, 0.2) is 229 Å². The summed E-state index contributed by atoms with van der Waals surface area (Å²) in [4.78, 5) is 4.90. The zero-order chi connectivity index (χ0) is 39.6. The second-order valence-electron chi connectivity index (χ2n) is 15.6. The molecule has 0 unspecified atom stereocenters. The van der Waals surface area contributed by atoms with Crippen LogP contribution < -0.4 is 26.4 Å². The van der Waals surface area contributed by atoms with Gasteiger partial charge < -0.3 is 14.2 Å². The van der Waals surface area contributed by atoms with E-state index in [-0.39, 0.29) is 6.71 Å². The second kappa shape index (κ2) is 13.9. The predicted octanol–water partition coefficient (Wildman–Crippen LogP) is 13.2. The summed E-state index contributed by atoms with van der Waals surface area (Å²) in [5.74, 6) is 0.910. The van der Waals surface area contributed by atoms with Crippen LogP contribution in [-0.2, 0) is 0 Å². The lowest BCUT2D eigenvalue weighted by atomic mass is 9.34. The van der Waals surface area contributed by atoms with Crippen LogP contribution >= 0.6 is 0 Å². The van der Waals surface area contributed by atoms with Gasteiger partial charge in [0, 0.05) is 50.5 Å². The average Bonchev–Trinajstić information content (AvgIpc) is 3.72. The third-order valence-electron chi connectivity index (χ3n) is 12.2. The second-order valence-corrected chi connectivity index (χ2v) is 15.6. The molecule has 0 saturated heterocycles.